The van der Waals surface area contributed by atoms with Gasteiger partial charge in [0.15, 0.2) is 0 Å². The van der Waals surface area contributed by atoms with Crippen LogP contribution in [0.15, 0.2) is 4.99 Å². The molecule has 50 heavy (non-hydrogen) atoms. The van der Waals surface area contributed by atoms with Crippen LogP contribution in [0.25, 0.3) is 0 Å². The quantitative estimate of drug-likeness (QED) is 0.0644. The number of hydrogen-bond donors (Lipinski definition) is 5. The van der Waals surface area contributed by atoms with Crippen LogP contribution in [-0.2, 0) is 28.8 Å². The highest BCUT2D eigenvalue weighted by Crippen LogP contribution is 2.17. The molecular formula is C24H32F12N8O6. The van der Waals surface area contributed by atoms with E-state index in [9.17, 15) is 81.5 Å². The highest BCUT2D eigenvalue weighted by Gasteiger charge is 2.40. The fraction of sp³-hybridized carbons (Fsp3) is 0.708. The lowest BCUT2D eigenvalue weighted by Crippen LogP contribution is -2.45. The molecule has 0 spiro atoms. The van der Waals surface area contributed by atoms with Crippen molar-refractivity contribution in [3.63, 3.8) is 0 Å². The molecule has 5 N–H and O–H groups in total. The molecule has 0 rings (SSSR count). The number of hydrogen-bond acceptors (Lipinski definition) is 8. The van der Waals surface area contributed by atoms with E-state index in [-0.39, 0.29) is 45.7 Å². The Labute approximate surface area is 274 Å². The van der Waals surface area contributed by atoms with Gasteiger partial charge in [0, 0.05) is 91.0 Å². The molecule has 0 aliphatic carbocycles. The molecule has 0 saturated heterocycles. The zero-order valence-corrected chi connectivity index (χ0v) is 25.6. The summed E-state index contributed by atoms with van der Waals surface area (Å²) in [4.78, 5) is 72.9. The number of halogens is 12. The van der Waals surface area contributed by atoms with Gasteiger partial charge >= 0.3 is 48.3 Å². The number of amides is 6. The van der Waals surface area contributed by atoms with Gasteiger partial charge in [-0.2, -0.15) is 52.7 Å². The molecule has 0 aromatic heterocycles. The highest BCUT2D eigenvalue weighted by atomic mass is 19.4. The van der Waals surface area contributed by atoms with Gasteiger partial charge in [0.25, 0.3) is 0 Å². The van der Waals surface area contributed by atoms with Crippen molar-refractivity contribution in [2.45, 2.75) is 37.5 Å². The van der Waals surface area contributed by atoms with Gasteiger partial charge in [-0.3, -0.25) is 38.6 Å². The number of carbonyl (C=O) groups excluding carboxylic acids is 6. The van der Waals surface area contributed by atoms with Gasteiger partial charge in [0.1, 0.15) is 0 Å². The summed E-state index contributed by atoms with van der Waals surface area (Å²) in [6, 6.07) is 0. The maximum Gasteiger partial charge on any atom is 0.473 e. The Morgan fingerprint density at radius 3 is 1.14 bits per heavy atom. The normalized spacial score (nSPS) is 12.6. The SMILES string of the molecule is O=C(CCN(CC=NC(=O)C(F)(F)F)CCNC(=O)C(F)(F)F)NCCNC(=O)CCN(CCNC(=O)C(F)(F)F)CCNC(=O)C(F)(F)F. The summed E-state index contributed by atoms with van der Waals surface area (Å²) >= 11 is 0. The maximum atomic E-state index is 12.4. The lowest BCUT2D eigenvalue weighted by molar-refractivity contribution is -0.173. The second-order valence-electron chi connectivity index (χ2n) is 9.72. The smallest absolute Gasteiger partial charge is 0.354 e. The summed E-state index contributed by atoms with van der Waals surface area (Å²) < 4.78 is 148. The summed E-state index contributed by atoms with van der Waals surface area (Å²) in [5.74, 6) is -10.7. The first-order valence-corrected chi connectivity index (χ1v) is 14.0. The van der Waals surface area contributed by atoms with E-state index in [0.717, 1.165) is 4.90 Å². The Balaban J connectivity index is 4.84. The summed E-state index contributed by atoms with van der Waals surface area (Å²) in [5.41, 5.74) is 0. The van der Waals surface area contributed by atoms with E-state index in [1.807, 2.05) is 0 Å². The van der Waals surface area contributed by atoms with Crippen molar-refractivity contribution >= 4 is 41.7 Å². The van der Waals surface area contributed by atoms with E-state index >= 15 is 0 Å². The van der Waals surface area contributed by atoms with E-state index < -0.39 is 99.3 Å². The number of rotatable bonds is 20. The summed E-state index contributed by atoms with van der Waals surface area (Å²) in [6.07, 6.45) is -21.2. The van der Waals surface area contributed by atoms with Crippen LogP contribution in [0.1, 0.15) is 12.8 Å². The number of carbonyl (C=O) groups is 6. The molecule has 0 aromatic carbocycles. The zero-order chi connectivity index (χ0) is 38.8. The van der Waals surface area contributed by atoms with E-state index in [2.05, 4.69) is 15.6 Å². The van der Waals surface area contributed by atoms with Crippen molar-refractivity contribution in [1.82, 2.24) is 36.4 Å². The topological polar surface area (TPSA) is 181 Å². The zero-order valence-electron chi connectivity index (χ0n) is 25.6. The molecule has 0 heterocycles. The Bertz CT molecular complexity index is 1140. The number of nitrogens with zero attached hydrogens (tertiary/aromatic N) is 3. The van der Waals surface area contributed by atoms with Crippen molar-refractivity contribution in [3.8, 4) is 0 Å². The molecule has 0 aromatic rings. The van der Waals surface area contributed by atoms with Gasteiger partial charge in [0.2, 0.25) is 11.8 Å². The molecule has 0 fully saturated rings. The monoisotopic (exact) mass is 756 g/mol. The molecule has 288 valence electrons. The van der Waals surface area contributed by atoms with Crippen molar-refractivity contribution in [2.24, 2.45) is 4.99 Å². The largest absolute Gasteiger partial charge is 0.473 e. The van der Waals surface area contributed by atoms with E-state index in [1.165, 1.54) is 20.9 Å². The standard InChI is InChI=1S/C24H32F12N8O6/c25-21(26,27)17(47)39-5-11-43(12-6-40-18(48)22(28,29)30)9-1-15(45)37-3-4-38-16(46)2-10-44(13-7-41-19(49)23(31,32)33)14-8-42-20(50)24(34,35)36/h5H,1-4,6-14H2,(H,37,45)(H,38,46)(H,40,48)(H,41,49)(H,42,50). The lowest BCUT2D eigenvalue weighted by Gasteiger charge is -2.23. The summed E-state index contributed by atoms with van der Waals surface area (Å²) in [5, 5.41) is 9.28. The van der Waals surface area contributed by atoms with Crippen LogP contribution in [0.5, 0.6) is 0 Å². The number of alkyl halides is 12. The Morgan fingerprint density at radius 2 is 0.800 bits per heavy atom. The number of aliphatic imine (C=N–C) groups is 1. The predicted octanol–water partition coefficient (Wildman–Crippen LogP) is -0.202. The first-order valence-electron chi connectivity index (χ1n) is 14.0. The van der Waals surface area contributed by atoms with E-state index in [0.29, 0.717) is 6.21 Å². The third-order valence-electron chi connectivity index (χ3n) is 5.78. The lowest BCUT2D eigenvalue weighted by atomic mass is 10.3. The van der Waals surface area contributed by atoms with E-state index in [4.69, 9.17) is 0 Å². The van der Waals surface area contributed by atoms with Gasteiger partial charge in [0.05, 0.1) is 0 Å². The number of nitrogens with one attached hydrogen (secondary N) is 5. The minimum Gasteiger partial charge on any atom is -0.354 e. The van der Waals surface area contributed by atoms with E-state index in [1.54, 1.807) is 0 Å². The summed E-state index contributed by atoms with van der Waals surface area (Å²) in [7, 11) is 0. The minimum atomic E-state index is -5.28. The predicted molar refractivity (Wildman–Crippen MR) is 145 cm³/mol. The summed E-state index contributed by atoms with van der Waals surface area (Å²) in [6.45, 7) is -4.48. The molecule has 0 radical (unpaired) electrons. The molecular weight excluding hydrogens is 724 g/mol. The van der Waals surface area contributed by atoms with Crippen molar-refractivity contribution < 1.29 is 81.5 Å². The van der Waals surface area contributed by atoms with Crippen LogP contribution >= 0.6 is 0 Å². The third-order valence-corrected chi connectivity index (χ3v) is 5.78. The highest BCUT2D eigenvalue weighted by molar-refractivity contribution is 5.89. The molecule has 0 bridgehead atoms. The molecule has 26 heteroatoms. The fourth-order valence-electron chi connectivity index (χ4n) is 3.33. The molecule has 0 unspecified atom stereocenters. The molecule has 6 amide bonds. The van der Waals surface area contributed by atoms with Crippen LogP contribution in [0.2, 0.25) is 0 Å². The Morgan fingerprint density at radius 1 is 0.460 bits per heavy atom. The molecule has 0 aliphatic heterocycles. The molecule has 14 nitrogen and oxygen atoms in total. The van der Waals surface area contributed by atoms with Crippen molar-refractivity contribution in [3.05, 3.63) is 0 Å². The van der Waals surface area contributed by atoms with Crippen LogP contribution in [-0.4, -0.2) is 148 Å². The third kappa shape index (κ3) is 21.7. The first-order chi connectivity index (χ1) is 22.8. The average molecular weight is 757 g/mol. The maximum absolute atomic E-state index is 12.4. The Kier molecular flexibility index (Phi) is 19.3. The van der Waals surface area contributed by atoms with Crippen molar-refractivity contribution in [2.75, 3.05) is 72.0 Å². The second-order valence-corrected chi connectivity index (χ2v) is 9.72. The fourth-order valence-corrected chi connectivity index (χ4v) is 3.33. The van der Waals surface area contributed by atoms with Crippen LogP contribution < -0.4 is 26.6 Å². The van der Waals surface area contributed by atoms with Crippen LogP contribution in [0.3, 0.4) is 0 Å². The van der Waals surface area contributed by atoms with Gasteiger partial charge in [-0.05, 0) is 0 Å². The van der Waals surface area contributed by atoms with Gasteiger partial charge < -0.3 is 26.6 Å². The Hall–Kier alpha value is -4.23. The van der Waals surface area contributed by atoms with Crippen molar-refractivity contribution in [1.29, 1.82) is 0 Å². The van der Waals surface area contributed by atoms with Gasteiger partial charge in [-0.1, -0.05) is 0 Å². The minimum absolute atomic E-state index is 0.201. The van der Waals surface area contributed by atoms with Gasteiger partial charge in [-0.25, -0.2) is 4.99 Å². The van der Waals surface area contributed by atoms with Crippen LogP contribution in [0, 0.1) is 0 Å². The molecule has 0 saturated carbocycles. The second kappa shape index (κ2) is 21.1. The van der Waals surface area contributed by atoms with Gasteiger partial charge in [-0.15, -0.1) is 0 Å². The molecule has 0 atom stereocenters. The van der Waals surface area contributed by atoms with Crippen LogP contribution in [0.4, 0.5) is 52.7 Å². The molecule has 0 aliphatic rings. The average Bonchev–Trinajstić information content (AvgIpc) is 2.97. The first kappa shape index (κ1) is 45.8.